The van der Waals surface area contributed by atoms with Crippen LogP contribution in [0.2, 0.25) is 5.02 Å². The van der Waals surface area contributed by atoms with E-state index in [9.17, 15) is 14.4 Å². The average molecular weight is 547 g/mol. The zero-order chi connectivity index (χ0) is 27.1. The lowest BCUT2D eigenvalue weighted by atomic mass is 10.1. The van der Waals surface area contributed by atoms with E-state index in [1.54, 1.807) is 12.1 Å². The van der Waals surface area contributed by atoms with E-state index in [2.05, 4.69) is 15.5 Å². The Bertz CT molecular complexity index is 1280. The minimum Gasteiger partial charge on any atom is -0.483 e. The van der Waals surface area contributed by atoms with E-state index in [0.29, 0.717) is 28.3 Å². The molecule has 1 heterocycles. The van der Waals surface area contributed by atoms with E-state index in [-0.39, 0.29) is 28.5 Å². The Morgan fingerprint density at radius 2 is 1.70 bits per heavy atom. The predicted molar refractivity (Wildman–Crippen MR) is 139 cm³/mol. The summed E-state index contributed by atoms with van der Waals surface area (Å²) >= 11 is 7.29. The fraction of sp³-hybridized carbons (Fsp3) is 0.320. The van der Waals surface area contributed by atoms with Crippen molar-refractivity contribution >= 4 is 46.9 Å². The second kappa shape index (κ2) is 12.6. The van der Waals surface area contributed by atoms with Crippen LogP contribution in [0.3, 0.4) is 0 Å². The highest BCUT2D eigenvalue weighted by Crippen LogP contribution is 2.27. The molecule has 3 rings (SSSR count). The average Bonchev–Trinajstić information content (AvgIpc) is 3.31. The number of nitrogens with one attached hydrogen (secondary N) is 1. The SMILES string of the molecule is CCn1c(SCC(=O)Nc2cc(C(=O)OC)cc(C(=O)OC)c2)nnc1C(C)Oc1ccc(Cl)c(C)c1. The van der Waals surface area contributed by atoms with Gasteiger partial charge in [0.25, 0.3) is 0 Å². The summed E-state index contributed by atoms with van der Waals surface area (Å²) in [5, 5.41) is 12.4. The standard InChI is InChI=1S/C25H27ClN4O6S/c1-6-30-22(15(3)36-19-7-8-20(26)14(2)9-19)28-29-25(30)37-13-21(31)27-18-11-16(23(32)34-4)10-17(12-18)24(33)35-5/h7-12,15H,6,13H2,1-5H3,(H,27,31). The first-order chi connectivity index (χ1) is 17.7. The maximum atomic E-state index is 12.7. The lowest BCUT2D eigenvalue weighted by Gasteiger charge is -2.16. The van der Waals surface area contributed by atoms with Crippen molar-refractivity contribution in [3.63, 3.8) is 0 Å². The minimum absolute atomic E-state index is 0.0137. The first-order valence-corrected chi connectivity index (χ1v) is 12.6. The summed E-state index contributed by atoms with van der Waals surface area (Å²) in [7, 11) is 2.45. The van der Waals surface area contributed by atoms with Crippen molar-refractivity contribution in [3.8, 4) is 5.75 Å². The Morgan fingerprint density at radius 3 is 2.27 bits per heavy atom. The number of thioether (sulfide) groups is 1. The first-order valence-electron chi connectivity index (χ1n) is 11.3. The van der Waals surface area contributed by atoms with Gasteiger partial charge in [0.1, 0.15) is 5.75 Å². The highest BCUT2D eigenvalue weighted by Gasteiger charge is 2.20. The van der Waals surface area contributed by atoms with Crippen LogP contribution in [0.15, 0.2) is 41.6 Å². The Kier molecular flexibility index (Phi) is 9.54. The molecule has 0 spiro atoms. The van der Waals surface area contributed by atoms with E-state index in [1.165, 1.54) is 44.2 Å². The van der Waals surface area contributed by atoms with Gasteiger partial charge in [-0.25, -0.2) is 9.59 Å². The van der Waals surface area contributed by atoms with E-state index < -0.39 is 18.0 Å². The Labute approximate surface area is 223 Å². The smallest absolute Gasteiger partial charge is 0.337 e. The molecule has 1 amide bonds. The summed E-state index contributed by atoms with van der Waals surface area (Å²) in [6.07, 6.45) is -0.394. The maximum absolute atomic E-state index is 12.7. The third-order valence-corrected chi connectivity index (χ3v) is 6.65. The summed E-state index contributed by atoms with van der Waals surface area (Å²) in [6, 6.07) is 9.60. The number of halogens is 1. The second-order valence-electron chi connectivity index (χ2n) is 7.88. The number of aromatic nitrogens is 3. The van der Waals surface area contributed by atoms with Gasteiger partial charge in [-0.3, -0.25) is 4.79 Å². The Hall–Kier alpha value is -3.57. The number of carbonyl (C=O) groups excluding carboxylic acids is 3. The molecule has 0 saturated heterocycles. The van der Waals surface area contributed by atoms with Crippen LogP contribution in [-0.4, -0.2) is 52.6 Å². The number of aryl methyl sites for hydroxylation is 1. The van der Waals surface area contributed by atoms with Gasteiger partial charge in [-0.05, 0) is 62.7 Å². The topological polar surface area (TPSA) is 122 Å². The van der Waals surface area contributed by atoms with E-state index >= 15 is 0 Å². The van der Waals surface area contributed by atoms with Gasteiger partial charge in [0, 0.05) is 17.3 Å². The molecule has 1 unspecified atom stereocenters. The normalized spacial score (nSPS) is 11.5. The third-order valence-electron chi connectivity index (χ3n) is 5.26. The number of anilines is 1. The van der Waals surface area contributed by atoms with Gasteiger partial charge >= 0.3 is 11.9 Å². The van der Waals surface area contributed by atoms with Gasteiger partial charge in [-0.1, -0.05) is 23.4 Å². The molecular weight excluding hydrogens is 520 g/mol. The van der Waals surface area contributed by atoms with E-state index in [0.717, 1.165) is 5.56 Å². The van der Waals surface area contributed by atoms with Gasteiger partial charge in [-0.2, -0.15) is 0 Å². The van der Waals surface area contributed by atoms with Crippen LogP contribution in [0.25, 0.3) is 0 Å². The van der Waals surface area contributed by atoms with E-state index in [4.69, 9.17) is 25.8 Å². The largest absolute Gasteiger partial charge is 0.483 e. The van der Waals surface area contributed by atoms with Crippen LogP contribution in [0, 0.1) is 6.92 Å². The first kappa shape index (κ1) is 28.0. The number of carbonyl (C=O) groups is 3. The van der Waals surface area contributed by atoms with Crippen molar-refractivity contribution in [2.24, 2.45) is 0 Å². The number of nitrogens with zero attached hydrogens (tertiary/aromatic N) is 3. The molecule has 10 nitrogen and oxygen atoms in total. The van der Waals surface area contributed by atoms with Crippen molar-refractivity contribution in [2.45, 2.75) is 38.6 Å². The predicted octanol–water partition coefficient (Wildman–Crippen LogP) is 4.70. The number of esters is 2. The quantitative estimate of drug-likeness (QED) is 0.284. The molecule has 0 fully saturated rings. The fourth-order valence-corrected chi connectivity index (χ4v) is 4.38. The van der Waals surface area contributed by atoms with E-state index in [1.807, 2.05) is 31.4 Å². The molecule has 1 aromatic heterocycles. The molecule has 3 aromatic rings. The second-order valence-corrected chi connectivity index (χ2v) is 9.22. The molecule has 2 aromatic carbocycles. The van der Waals surface area contributed by atoms with Gasteiger partial charge in [0.05, 0.1) is 31.1 Å². The lowest BCUT2D eigenvalue weighted by Crippen LogP contribution is -2.17. The van der Waals surface area contributed by atoms with Crippen molar-refractivity contribution in [3.05, 3.63) is 63.9 Å². The maximum Gasteiger partial charge on any atom is 0.337 e. The molecule has 1 atom stereocenters. The summed E-state index contributed by atoms with van der Waals surface area (Å²) in [6.45, 7) is 6.29. The van der Waals surface area contributed by atoms with Gasteiger partial charge in [-0.15, -0.1) is 10.2 Å². The summed E-state index contributed by atoms with van der Waals surface area (Å²) in [4.78, 5) is 36.6. The summed E-state index contributed by atoms with van der Waals surface area (Å²) in [5.41, 5.74) is 1.37. The van der Waals surface area contributed by atoms with Crippen LogP contribution in [0.5, 0.6) is 5.75 Å². The van der Waals surface area contributed by atoms with Gasteiger partial charge in [0.15, 0.2) is 17.1 Å². The summed E-state index contributed by atoms with van der Waals surface area (Å²) < 4.78 is 17.4. The molecule has 0 saturated carbocycles. The highest BCUT2D eigenvalue weighted by atomic mass is 35.5. The number of benzene rings is 2. The monoisotopic (exact) mass is 546 g/mol. The number of ether oxygens (including phenoxy) is 3. The number of hydrogen-bond acceptors (Lipinski definition) is 9. The number of methoxy groups -OCH3 is 2. The fourth-order valence-electron chi connectivity index (χ4n) is 3.45. The molecule has 37 heavy (non-hydrogen) atoms. The van der Waals surface area contributed by atoms with Crippen LogP contribution in [0.1, 0.15) is 52.1 Å². The highest BCUT2D eigenvalue weighted by molar-refractivity contribution is 7.99. The Balaban J connectivity index is 1.69. The van der Waals surface area contributed by atoms with Crippen LogP contribution >= 0.6 is 23.4 Å². The van der Waals surface area contributed by atoms with Crippen molar-refractivity contribution in [1.82, 2.24) is 14.8 Å². The zero-order valence-corrected chi connectivity index (χ0v) is 22.6. The zero-order valence-electron chi connectivity index (χ0n) is 21.0. The van der Waals surface area contributed by atoms with Crippen LogP contribution in [0.4, 0.5) is 5.69 Å². The van der Waals surface area contributed by atoms with Gasteiger partial charge in [0.2, 0.25) is 5.91 Å². The molecule has 196 valence electrons. The van der Waals surface area contributed by atoms with Crippen molar-refractivity contribution in [1.29, 1.82) is 0 Å². The number of rotatable bonds is 10. The van der Waals surface area contributed by atoms with Crippen LogP contribution in [-0.2, 0) is 20.8 Å². The third kappa shape index (κ3) is 7.01. The summed E-state index contributed by atoms with van der Waals surface area (Å²) in [5.74, 6) is -0.370. The molecule has 0 bridgehead atoms. The van der Waals surface area contributed by atoms with Gasteiger partial charge < -0.3 is 24.1 Å². The Morgan fingerprint density at radius 1 is 1.05 bits per heavy atom. The van der Waals surface area contributed by atoms with Crippen molar-refractivity contribution in [2.75, 3.05) is 25.3 Å². The molecule has 12 heteroatoms. The molecule has 0 aliphatic carbocycles. The molecular formula is C25H27ClN4O6S. The minimum atomic E-state index is -0.649. The number of hydrogen-bond donors (Lipinski definition) is 1. The van der Waals surface area contributed by atoms with Crippen LogP contribution < -0.4 is 10.1 Å². The molecule has 1 N–H and O–H groups in total. The number of amides is 1. The van der Waals surface area contributed by atoms with Crippen molar-refractivity contribution < 1.29 is 28.6 Å². The molecule has 0 aliphatic rings. The molecule has 0 radical (unpaired) electrons. The molecule has 0 aliphatic heterocycles. The lowest BCUT2D eigenvalue weighted by molar-refractivity contribution is -0.113.